The maximum atomic E-state index is 13.0. The summed E-state index contributed by atoms with van der Waals surface area (Å²) in [5.74, 6) is 0.517. The van der Waals surface area contributed by atoms with Gasteiger partial charge in [0.1, 0.15) is 17.3 Å². The van der Waals surface area contributed by atoms with E-state index in [4.69, 9.17) is 18.9 Å². The van der Waals surface area contributed by atoms with Gasteiger partial charge >= 0.3 is 5.97 Å². The first-order valence-corrected chi connectivity index (χ1v) is 9.02. The van der Waals surface area contributed by atoms with Crippen LogP contribution in [0.4, 0.5) is 4.39 Å². The zero-order chi connectivity index (χ0) is 20.7. The van der Waals surface area contributed by atoms with Crippen molar-refractivity contribution in [3.63, 3.8) is 0 Å². The van der Waals surface area contributed by atoms with Crippen LogP contribution < -0.4 is 18.9 Å². The summed E-state index contributed by atoms with van der Waals surface area (Å²) in [4.78, 5) is 24.8. The Hall–Kier alpha value is -4.13. The fourth-order valence-electron chi connectivity index (χ4n) is 3.14. The van der Waals surface area contributed by atoms with Crippen molar-refractivity contribution in [2.45, 2.75) is 0 Å². The third kappa shape index (κ3) is 3.26. The number of rotatable bonds is 3. The highest BCUT2D eigenvalue weighted by atomic mass is 19.1. The summed E-state index contributed by atoms with van der Waals surface area (Å²) in [5, 5.41) is 0. The molecule has 0 radical (unpaired) electrons. The van der Waals surface area contributed by atoms with E-state index in [0.29, 0.717) is 17.1 Å². The highest BCUT2D eigenvalue weighted by molar-refractivity contribution is 6.14. The van der Waals surface area contributed by atoms with Crippen LogP contribution in [0.5, 0.6) is 23.0 Å². The van der Waals surface area contributed by atoms with Crippen molar-refractivity contribution in [2.75, 3.05) is 6.79 Å². The van der Waals surface area contributed by atoms with E-state index < -0.39 is 11.8 Å². The van der Waals surface area contributed by atoms with Gasteiger partial charge in [0, 0.05) is 6.07 Å². The van der Waals surface area contributed by atoms with Gasteiger partial charge in [0.15, 0.2) is 17.3 Å². The normalized spacial score (nSPS) is 15.1. The molecule has 0 saturated carbocycles. The standard InChI is InChI=1S/C23H13FO6/c24-15-4-2-14(3-5-15)23(26)29-16-6-7-17-19(11-16)30-21(22(17)25)10-13-1-8-18-20(9-13)28-12-27-18/h1-11H,12H2/b21-10+. The number of hydrogen-bond donors (Lipinski definition) is 0. The van der Waals surface area contributed by atoms with Crippen LogP contribution in [0.1, 0.15) is 26.3 Å². The molecule has 6 nitrogen and oxygen atoms in total. The number of esters is 1. The number of carbonyl (C=O) groups excluding carboxylic acids is 2. The molecule has 2 aliphatic rings. The average Bonchev–Trinajstić information content (AvgIpc) is 3.32. The fourth-order valence-corrected chi connectivity index (χ4v) is 3.14. The van der Waals surface area contributed by atoms with Gasteiger partial charge in [-0.05, 0) is 60.2 Å². The van der Waals surface area contributed by atoms with Gasteiger partial charge in [0.2, 0.25) is 12.6 Å². The van der Waals surface area contributed by atoms with Crippen LogP contribution in [0.3, 0.4) is 0 Å². The van der Waals surface area contributed by atoms with Crippen LogP contribution in [0.2, 0.25) is 0 Å². The number of ether oxygens (including phenoxy) is 4. The zero-order valence-electron chi connectivity index (χ0n) is 15.4. The van der Waals surface area contributed by atoms with Crippen LogP contribution in [-0.4, -0.2) is 18.5 Å². The van der Waals surface area contributed by atoms with E-state index in [1.54, 1.807) is 24.3 Å². The molecule has 30 heavy (non-hydrogen) atoms. The Bertz CT molecular complexity index is 1210. The quantitative estimate of drug-likeness (QED) is 0.366. The molecule has 0 amide bonds. The molecule has 7 heteroatoms. The van der Waals surface area contributed by atoms with Crippen molar-refractivity contribution in [3.05, 3.63) is 88.9 Å². The monoisotopic (exact) mass is 404 g/mol. The van der Waals surface area contributed by atoms with Crippen LogP contribution in [0.15, 0.2) is 66.4 Å². The van der Waals surface area contributed by atoms with E-state index in [2.05, 4.69) is 0 Å². The summed E-state index contributed by atoms with van der Waals surface area (Å²) in [7, 11) is 0. The van der Waals surface area contributed by atoms with Gasteiger partial charge in [-0.15, -0.1) is 0 Å². The van der Waals surface area contributed by atoms with E-state index in [0.717, 1.165) is 5.56 Å². The first-order chi connectivity index (χ1) is 14.6. The van der Waals surface area contributed by atoms with E-state index in [9.17, 15) is 14.0 Å². The number of halogens is 1. The number of benzene rings is 3. The fraction of sp³-hybridized carbons (Fsp3) is 0.0435. The maximum Gasteiger partial charge on any atom is 0.343 e. The number of Topliss-reactive ketones (excluding diaryl/α,β-unsaturated/α-hetero) is 1. The lowest BCUT2D eigenvalue weighted by Crippen LogP contribution is -2.08. The molecule has 2 aliphatic heterocycles. The third-order valence-corrected chi connectivity index (χ3v) is 4.63. The summed E-state index contributed by atoms with van der Waals surface area (Å²) in [6, 6.07) is 14.8. The minimum atomic E-state index is -0.643. The summed E-state index contributed by atoms with van der Waals surface area (Å²) < 4.78 is 34.6. The second kappa shape index (κ2) is 7.04. The first-order valence-electron chi connectivity index (χ1n) is 9.02. The Balaban J connectivity index is 1.36. The number of hydrogen-bond acceptors (Lipinski definition) is 6. The Kier molecular flexibility index (Phi) is 4.21. The number of fused-ring (bicyclic) bond motifs is 2. The number of allylic oxidation sites excluding steroid dienone is 1. The first kappa shape index (κ1) is 17.9. The molecule has 148 valence electrons. The number of ketones is 1. The minimum absolute atomic E-state index is 0.144. The predicted molar refractivity (Wildman–Crippen MR) is 103 cm³/mol. The Morgan fingerprint density at radius 2 is 1.73 bits per heavy atom. The highest BCUT2D eigenvalue weighted by Crippen LogP contribution is 2.37. The van der Waals surface area contributed by atoms with Crippen LogP contribution in [-0.2, 0) is 0 Å². The van der Waals surface area contributed by atoms with Gasteiger partial charge < -0.3 is 18.9 Å². The van der Waals surface area contributed by atoms with Gasteiger partial charge in [0.25, 0.3) is 0 Å². The summed E-state index contributed by atoms with van der Waals surface area (Å²) in [5.41, 5.74) is 1.29. The molecule has 0 aromatic heterocycles. The molecule has 0 spiro atoms. The smallest absolute Gasteiger partial charge is 0.343 e. The average molecular weight is 404 g/mol. The molecular weight excluding hydrogens is 391 g/mol. The van der Waals surface area contributed by atoms with Crippen molar-refractivity contribution >= 4 is 17.8 Å². The van der Waals surface area contributed by atoms with Crippen molar-refractivity contribution in [3.8, 4) is 23.0 Å². The molecule has 3 aromatic carbocycles. The van der Waals surface area contributed by atoms with Crippen molar-refractivity contribution in [2.24, 2.45) is 0 Å². The third-order valence-electron chi connectivity index (χ3n) is 4.63. The van der Waals surface area contributed by atoms with E-state index in [-0.39, 0.29) is 35.4 Å². The van der Waals surface area contributed by atoms with E-state index >= 15 is 0 Å². The van der Waals surface area contributed by atoms with Crippen molar-refractivity contribution < 1.29 is 32.9 Å². The molecule has 0 bridgehead atoms. The predicted octanol–water partition coefficient (Wildman–Crippen LogP) is 4.39. The molecule has 0 N–H and O–H groups in total. The zero-order valence-corrected chi connectivity index (χ0v) is 15.4. The molecule has 0 aliphatic carbocycles. The lowest BCUT2D eigenvalue weighted by Gasteiger charge is -2.05. The summed E-state index contributed by atoms with van der Waals surface area (Å²) >= 11 is 0. The summed E-state index contributed by atoms with van der Waals surface area (Å²) in [6.45, 7) is 0.162. The van der Waals surface area contributed by atoms with Gasteiger partial charge in [0.05, 0.1) is 11.1 Å². The van der Waals surface area contributed by atoms with Crippen LogP contribution in [0.25, 0.3) is 6.08 Å². The van der Waals surface area contributed by atoms with Gasteiger partial charge in [-0.2, -0.15) is 0 Å². The second-order valence-electron chi connectivity index (χ2n) is 6.61. The van der Waals surface area contributed by atoms with Crippen LogP contribution in [0, 0.1) is 5.82 Å². The topological polar surface area (TPSA) is 71.1 Å². The second-order valence-corrected chi connectivity index (χ2v) is 6.61. The van der Waals surface area contributed by atoms with Gasteiger partial charge in [-0.25, -0.2) is 9.18 Å². The Morgan fingerprint density at radius 1 is 0.933 bits per heavy atom. The summed E-state index contributed by atoms with van der Waals surface area (Å²) in [6.07, 6.45) is 1.61. The molecular formula is C23H13FO6. The molecule has 0 unspecified atom stereocenters. The van der Waals surface area contributed by atoms with Crippen molar-refractivity contribution in [1.82, 2.24) is 0 Å². The number of carbonyl (C=O) groups is 2. The van der Waals surface area contributed by atoms with Crippen LogP contribution >= 0.6 is 0 Å². The lowest BCUT2D eigenvalue weighted by atomic mass is 10.1. The lowest BCUT2D eigenvalue weighted by molar-refractivity contribution is 0.0734. The van der Waals surface area contributed by atoms with E-state index in [1.807, 2.05) is 0 Å². The molecule has 0 saturated heterocycles. The Morgan fingerprint density at radius 3 is 2.57 bits per heavy atom. The Labute approximate surface area is 170 Å². The van der Waals surface area contributed by atoms with Gasteiger partial charge in [-0.3, -0.25) is 4.79 Å². The molecule has 0 fully saturated rings. The minimum Gasteiger partial charge on any atom is -0.454 e. The largest absolute Gasteiger partial charge is 0.454 e. The van der Waals surface area contributed by atoms with Gasteiger partial charge in [-0.1, -0.05) is 6.07 Å². The highest BCUT2D eigenvalue weighted by Gasteiger charge is 2.28. The molecule has 0 atom stereocenters. The van der Waals surface area contributed by atoms with E-state index in [1.165, 1.54) is 42.5 Å². The molecule has 5 rings (SSSR count). The van der Waals surface area contributed by atoms with Crippen molar-refractivity contribution in [1.29, 1.82) is 0 Å². The maximum absolute atomic E-state index is 13.0. The molecule has 3 aromatic rings. The SMILES string of the molecule is O=C(Oc1ccc2c(c1)O/C(=C/c1ccc3c(c1)OCO3)C2=O)c1ccc(F)cc1. The molecule has 2 heterocycles.